The van der Waals surface area contributed by atoms with Crippen molar-refractivity contribution in [1.29, 1.82) is 0 Å². The second kappa shape index (κ2) is 6.12. The van der Waals surface area contributed by atoms with Gasteiger partial charge in [0.1, 0.15) is 0 Å². The van der Waals surface area contributed by atoms with E-state index in [2.05, 4.69) is 19.2 Å². The van der Waals surface area contributed by atoms with Crippen molar-refractivity contribution >= 4 is 6.03 Å². The zero-order chi connectivity index (χ0) is 13.9. The number of carbonyl (C=O) groups is 1. The summed E-state index contributed by atoms with van der Waals surface area (Å²) in [5, 5.41) is 12.3. The smallest absolute Gasteiger partial charge is 0.317 e. The molecule has 2 aliphatic rings. The monoisotopic (exact) mass is 268 g/mol. The molecule has 2 N–H and O–H groups in total. The number of likely N-dealkylation sites (tertiary alicyclic amines) is 1. The van der Waals surface area contributed by atoms with E-state index in [9.17, 15) is 4.79 Å². The van der Waals surface area contributed by atoms with Gasteiger partial charge in [-0.1, -0.05) is 13.8 Å². The molecule has 1 aliphatic heterocycles. The average Bonchev–Trinajstić information content (AvgIpc) is 2.41. The van der Waals surface area contributed by atoms with Gasteiger partial charge in [-0.25, -0.2) is 4.79 Å². The lowest BCUT2D eigenvalue weighted by molar-refractivity contribution is 0.131. The van der Waals surface area contributed by atoms with Gasteiger partial charge in [0, 0.05) is 25.7 Å². The minimum absolute atomic E-state index is 0.0982. The number of carbonyl (C=O) groups excluding carboxylic acids is 1. The van der Waals surface area contributed by atoms with Crippen molar-refractivity contribution in [3.05, 3.63) is 0 Å². The summed E-state index contributed by atoms with van der Waals surface area (Å²) in [6, 6.07) is 0.456. The standard InChI is InChI=1S/C15H28N2O2/c1-15(2)7-3-13(4-8-15)16-14(19)17-9-5-12(11-18)6-10-17/h12-13,18H,3-11H2,1-2H3,(H,16,19). The van der Waals surface area contributed by atoms with Gasteiger partial charge < -0.3 is 15.3 Å². The van der Waals surface area contributed by atoms with Crippen LogP contribution in [0.1, 0.15) is 52.4 Å². The fourth-order valence-electron chi connectivity index (χ4n) is 3.13. The van der Waals surface area contributed by atoms with Crippen LogP contribution in [0.25, 0.3) is 0 Å². The van der Waals surface area contributed by atoms with Crippen LogP contribution in [0.2, 0.25) is 0 Å². The van der Waals surface area contributed by atoms with Crippen LogP contribution in [-0.2, 0) is 0 Å². The Hall–Kier alpha value is -0.770. The maximum Gasteiger partial charge on any atom is 0.317 e. The molecule has 4 nitrogen and oxygen atoms in total. The van der Waals surface area contributed by atoms with Gasteiger partial charge in [0.2, 0.25) is 0 Å². The van der Waals surface area contributed by atoms with Crippen molar-refractivity contribution in [2.75, 3.05) is 19.7 Å². The van der Waals surface area contributed by atoms with Gasteiger partial charge in [-0.3, -0.25) is 0 Å². The highest BCUT2D eigenvalue weighted by Gasteiger charge is 2.29. The highest BCUT2D eigenvalue weighted by molar-refractivity contribution is 5.74. The third-order valence-electron chi connectivity index (χ3n) is 4.83. The molecule has 4 heteroatoms. The number of aliphatic hydroxyl groups excluding tert-OH is 1. The van der Waals surface area contributed by atoms with Crippen molar-refractivity contribution in [2.24, 2.45) is 11.3 Å². The number of rotatable bonds is 2. The molecule has 1 saturated heterocycles. The topological polar surface area (TPSA) is 52.6 Å². The Morgan fingerprint density at radius 1 is 1.21 bits per heavy atom. The summed E-state index contributed by atoms with van der Waals surface area (Å²) in [4.78, 5) is 14.1. The van der Waals surface area contributed by atoms with E-state index in [-0.39, 0.29) is 12.6 Å². The first-order valence-electron chi connectivity index (χ1n) is 7.66. The molecule has 0 bridgehead atoms. The van der Waals surface area contributed by atoms with Crippen LogP contribution < -0.4 is 5.32 Å². The van der Waals surface area contributed by atoms with Crippen molar-refractivity contribution < 1.29 is 9.90 Å². The van der Waals surface area contributed by atoms with E-state index in [0.717, 1.165) is 38.8 Å². The molecule has 2 fully saturated rings. The van der Waals surface area contributed by atoms with E-state index in [1.54, 1.807) is 0 Å². The number of nitrogens with one attached hydrogen (secondary N) is 1. The minimum atomic E-state index is 0.0982. The average molecular weight is 268 g/mol. The lowest BCUT2D eigenvalue weighted by atomic mass is 9.75. The Bertz CT molecular complexity index is 299. The minimum Gasteiger partial charge on any atom is -0.396 e. The van der Waals surface area contributed by atoms with Crippen LogP contribution in [0.3, 0.4) is 0 Å². The molecule has 0 unspecified atom stereocenters. The first-order valence-corrected chi connectivity index (χ1v) is 7.66. The molecule has 0 aromatic heterocycles. The molecule has 0 spiro atoms. The molecule has 0 aromatic carbocycles. The van der Waals surface area contributed by atoms with E-state index in [4.69, 9.17) is 5.11 Å². The number of nitrogens with zero attached hydrogens (tertiary/aromatic N) is 1. The Labute approximate surface area is 116 Å². The highest BCUT2D eigenvalue weighted by Crippen LogP contribution is 2.35. The fraction of sp³-hybridized carbons (Fsp3) is 0.933. The quantitative estimate of drug-likeness (QED) is 0.808. The zero-order valence-corrected chi connectivity index (χ0v) is 12.3. The predicted octanol–water partition coefficient (Wildman–Crippen LogP) is 2.37. The van der Waals surface area contributed by atoms with E-state index >= 15 is 0 Å². The Morgan fingerprint density at radius 2 is 1.79 bits per heavy atom. The van der Waals surface area contributed by atoms with Crippen molar-refractivity contribution in [3.8, 4) is 0 Å². The van der Waals surface area contributed by atoms with Gasteiger partial charge in [-0.05, 0) is 49.9 Å². The first kappa shape index (κ1) is 14.6. The van der Waals surface area contributed by atoms with E-state index in [0.29, 0.717) is 17.4 Å². The van der Waals surface area contributed by atoms with E-state index in [1.165, 1.54) is 12.8 Å². The van der Waals surface area contributed by atoms with Crippen molar-refractivity contribution in [2.45, 2.75) is 58.4 Å². The molecular formula is C15H28N2O2. The molecule has 1 heterocycles. The molecule has 1 saturated carbocycles. The number of aliphatic hydroxyl groups is 1. The Balaban J connectivity index is 1.73. The zero-order valence-electron chi connectivity index (χ0n) is 12.3. The SMILES string of the molecule is CC1(C)CCC(NC(=O)N2CCC(CO)CC2)CC1. The predicted molar refractivity (Wildman–Crippen MR) is 76.0 cm³/mol. The maximum absolute atomic E-state index is 12.2. The molecular weight excluding hydrogens is 240 g/mol. The second-order valence-corrected chi connectivity index (χ2v) is 7.00. The van der Waals surface area contributed by atoms with Crippen LogP contribution in [0.15, 0.2) is 0 Å². The number of urea groups is 1. The second-order valence-electron chi connectivity index (χ2n) is 7.00. The molecule has 19 heavy (non-hydrogen) atoms. The van der Waals surface area contributed by atoms with Gasteiger partial charge in [-0.15, -0.1) is 0 Å². The summed E-state index contributed by atoms with van der Waals surface area (Å²) < 4.78 is 0. The Morgan fingerprint density at radius 3 is 2.32 bits per heavy atom. The van der Waals surface area contributed by atoms with Crippen LogP contribution >= 0.6 is 0 Å². The molecule has 0 radical (unpaired) electrons. The number of piperidine rings is 1. The van der Waals surface area contributed by atoms with Crippen molar-refractivity contribution in [3.63, 3.8) is 0 Å². The van der Waals surface area contributed by atoms with Crippen LogP contribution in [0, 0.1) is 11.3 Å². The van der Waals surface area contributed by atoms with E-state index in [1.807, 2.05) is 4.90 Å². The summed E-state index contributed by atoms with van der Waals surface area (Å²) >= 11 is 0. The number of amides is 2. The lowest BCUT2D eigenvalue weighted by Crippen LogP contribution is -2.49. The van der Waals surface area contributed by atoms with Gasteiger partial charge in [-0.2, -0.15) is 0 Å². The summed E-state index contributed by atoms with van der Waals surface area (Å²) in [7, 11) is 0. The first-order chi connectivity index (χ1) is 9.00. The van der Waals surface area contributed by atoms with Crippen molar-refractivity contribution in [1.82, 2.24) is 10.2 Å². The summed E-state index contributed by atoms with van der Waals surface area (Å²) in [5.41, 5.74) is 0.445. The molecule has 2 amide bonds. The summed E-state index contributed by atoms with van der Waals surface area (Å²) in [6.45, 7) is 6.45. The largest absolute Gasteiger partial charge is 0.396 e. The van der Waals surface area contributed by atoms with Gasteiger partial charge >= 0.3 is 6.03 Å². The van der Waals surface area contributed by atoms with Crippen LogP contribution in [0.5, 0.6) is 0 Å². The third kappa shape index (κ3) is 4.10. The molecule has 2 rings (SSSR count). The summed E-state index contributed by atoms with van der Waals surface area (Å²) in [5.74, 6) is 0.388. The van der Waals surface area contributed by atoms with Gasteiger partial charge in [0.05, 0.1) is 0 Å². The van der Waals surface area contributed by atoms with Crippen LogP contribution in [0.4, 0.5) is 4.79 Å². The number of hydrogen-bond donors (Lipinski definition) is 2. The molecule has 110 valence electrons. The maximum atomic E-state index is 12.2. The fourth-order valence-corrected chi connectivity index (χ4v) is 3.13. The number of hydrogen-bond acceptors (Lipinski definition) is 2. The summed E-state index contributed by atoms with van der Waals surface area (Å²) in [6.07, 6.45) is 6.47. The molecule has 0 atom stereocenters. The third-order valence-corrected chi connectivity index (χ3v) is 4.83. The van der Waals surface area contributed by atoms with Gasteiger partial charge in [0.25, 0.3) is 0 Å². The van der Waals surface area contributed by atoms with Crippen LogP contribution in [-0.4, -0.2) is 41.8 Å². The molecule has 1 aliphatic carbocycles. The lowest BCUT2D eigenvalue weighted by Gasteiger charge is -2.37. The van der Waals surface area contributed by atoms with E-state index < -0.39 is 0 Å². The Kier molecular flexibility index (Phi) is 4.71. The van der Waals surface area contributed by atoms with Gasteiger partial charge in [0.15, 0.2) is 0 Å². The normalized spacial score (nSPS) is 25.3. The molecule has 0 aromatic rings. The highest BCUT2D eigenvalue weighted by atomic mass is 16.3.